The molecule has 1 amide bonds. The van der Waals surface area contributed by atoms with E-state index >= 15 is 0 Å². The minimum absolute atomic E-state index is 0.00814. The van der Waals surface area contributed by atoms with Crippen LogP contribution in [0.15, 0.2) is 54.6 Å². The van der Waals surface area contributed by atoms with Crippen molar-refractivity contribution in [2.45, 2.75) is 6.54 Å². The third-order valence-electron chi connectivity index (χ3n) is 2.91. The number of amides is 1. The monoisotopic (exact) mass is 269 g/mol. The van der Waals surface area contributed by atoms with Crippen LogP contribution in [0.5, 0.6) is 0 Å². The molecule has 4 nitrogen and oxygen atoms in total. The Bertz CT molecular complexity index is 550. The van der Waals surface area contributed by atoms with Crippen molar-refractivity contribution in [2.75, 3.05) is 19.5 Å². The topological polar surface area (TPSA) is 44.4 Å². The Kier molecular flexibility index (Phi) is 4.74. The maximum atomic E-state index is 11.7. The molecular weight excluding hydrogens is 250 g/mol. The summed E-state index contributed by atoms with van der Waals surface area (Å²) in [7, 11) is 3.49. The van der Waals surface area contributed by atoms with Crippen LogP contribution in [0.3, 0.4) is 0 Å². The van der Waals surface area contributed by atoms with Crippen LogP contribution in [0.2, 0.25) is 0 Å². The number of carbonyl (C=O) groups excluding carboxylic acids is 1. The van der Waals surface area contributed by atoms with Crippen molar-refractivity contribution < 1.29 is 4.79 Å². The first-order valence-electron chi connectivity index (χ1n) is 6.51. The Morgan fingerprint density at radius 1 is 1.00 bits per heavy atom. The molecular formula is C16H19N3O. The van der Waals surface area contributed by atoms with Gasteiger partial charge in [0.2, 0.25) is 0 Å². The number of anilines is 1. The van der Waals surface area contributed by atoms with Crippen molar-refractivity contribution in [1.29, 1.82) is 0 Å². The fourth-order valence-electron chi connectivity index (χ4n) is 1.80. The van der Waals surface area contributed by atoms with Gasteiger partial charge in [0.15, 0.2) is 0 Å². The van der Waals surface area contributed by atoms with Crippen LogP contribution in [0.4, 0.5) is 5.69 Å². The molecule has 0 radical (unpaired) electrons. The van der Waals surface area contributed by atoms with E-state index in [-0.39, 0.29) is 5.91 Å². The van der Waals surface area contributed by atoms with E-state index in [4.69, 9.17) is 0 Å². The summed E-state index contributed by atoms with van der Waals surface area (Å²) in [5, 5.41) is 0. The molecule has 0 bridgehead atoms. The van der Waals surface area contributed by atoms with E-state index in [0.717, 1.165) is 12.2 Å². The highest BCUT2D eigenvalue weighted by molar-refractivity contribution is 5.94. The molecule has 0 heterocycles. The highest BCUT2D eigenvalue weighted by Crippen LogP contribution is 2.10. The smallest absolute Gasteiger partial charge is 0.253 e. The van der Waals surface area contributed by atoms with Gasteiger partial charge in [-0.3, -0.25) is 4.79 Å². The number of nitrogens with zero attached hydrogens (tertiary/aromatic N) is 1. The zero-order valence-corrected chi connectivity index (χ0v) is 11.8. The third-order valence-corrected chi connectivity index (χ3v) is 2.91. The number of carbonyl (C=O) groups is 1. The zero-order valence-electron chi connectivity index (χ0n) is 11.8. The second-order valence-electron chi connectivity index (χ2n) is 4.74. The summed E-state index contributed by atoms with van der Waals surface area (Å²) in [6.07, 6.45) is 0. The molecule has 0 aliphatic carbocycles. The number of rotatable bonds is 5. The lowest BCUT2D eigenvalue weighted by atomic mass is 10.2. The Labute approximate surface area is 119 Å². The summed E-state index contributed by atoms with van der Waals surface area (Å²) in [5.41, 5.74) is 9.08. The van der Waals surface area contributed by atoms with Crippen LogP contribution < -0.4 is 10.9 Å². The SMILES string of the molecule is CN(C)C(=O)c1ccc(NNCc2ccccc2)cc1. The molecule has 0 saturated carbocycles. The first kappa shape index (κ1) is 14.1. The van der Waals surface area contributed by atoms with E-state index in [0.29, 0.717) is 5.56 Å². The van der Waals surface area contributed by atoms with Crippen LogP contribution in [0.1, 0.15) is 15.9 Å². The molecule has 20 heavy (non-hydrogen) atoms. The molecule has 2 aromatic rings. The van der Waals surface area contributed by atoms with Gasteiger partial charge >= 0.3 is 0 Å². The first-order chi connectivity index (χ1) is 9.66. The molecule has 0 atom stereocenters. The van der Waals surface area contributed by atoms with Gasteiger partial charge in [-0.05, 0) is 29.8 Å². The van der Waals surface area contributed by atoms with Gasteiger partial charge in [0.05, 0.1) is 0 Å². The summed E-state index contributed by atoms with van der Waals surface area (Å²) < 4.78 is 0. The van der Waals surface area contributed by atoms with E-state index in [1.165, 1.54) is 5.56 Å². The molecule has 0 fully saturated rings. The highest BCUT2D eigenvalue weighted by atomic mass is 16.2. The van der Waals surface area contributed by atoms with Crippen molar-refractivity contribution >= 4 is 11.6 Å². The standard InChI is InChI=1S/C16H19N3O/c1-19(2)16(20)14-8-10-15(11-9-14)18-17-12-13-6-4-3-5-7-13/h3-11,17-18H,12H2,1-2H3. The van der Waals surface area contributed by atoms with Gasteiger partial charge < -0.3 is 10.3 Å². The van der Waals surface area contributed by atoms with E-state index in [9.17, 15) is 4.79 Å². The number of benzene rings is 2. The van der Waals surface area contributed by atoms with Crippen molar-refractivity contribution in [3.63, 3.8) is 0 Å². The molecule has 0 aromatic heterocycles. The summed E-state index contributed by atoms with van der Waals surface area (Å²) in [6, 6.07) is 17.5. The quantitative estimate of drug-likeness (QED) is 0.820. The maximum absolute atomic E-state index is 11.7. The molecule has 0 unspecified atom stereocenters. The first-order valence-corrected chi connectivity index (χ1v) is 6.51. The Morgan fingerprint density at radius 3 is 2.25 bits per heavy atom. The second kappa shape index (κ2) is 6.73. The normalized spacial score (nSPS) is 10.1. The number of nitrogens with one attached hydrogen (secondary N) is 2. The minimum Gasteiger partial charge on any atom is -0.345 e. The Balaban J connectivity index is 1.87. The fourth-order valence-corrected chi connectivity index (χ4v) is 1.80. The van der Waals surface area contributed by atoms with Crippen molar-refractivity contribution in [2.24, 2.45) is 0 Å². The van der Waals surface area contributed by atoms with E-state index in [1.807, 2.05) is 42.5 Å². The predicted molar refractivity (Wildman–Crippen MR) is 81.4 cm³/mol. The van der Waals surface area contributed by atoms with Gasteiger partial charge in [0.1, 0.15) is 0 Å². The molecule has 0 spiro atoms. The molecule has 2 N–H and O–H groups in total. The highest BCUT2D eigenvalue weighted by Gasteiger charge is 2.06. The average Bonchev–Trinajstić information content (AvgIpc) is 2.48. The molecule has 0 aliphatic heterocycles. The summed E-state index contributed by atoms with van der Waals surface area (Å²) in [4.78, 5) is 13.3. The largest absolute Gasteiger partial charge is 0.345 e. The predicted octanol–water partition coefficient (Wildman–Crippen LogP) is 2.51. The lowest BCUT2D eigenvalue weighted by molar-refractivity contribution is 0.0827. The zero-order chi connectivity index (χ0) is 14.4. The van der Waals surface area contributed by atoms with Crippen LogP contribution in [-0.4, -0.2) is 24.9 Å². The van der Waals surface area contributed by atoms with Crippen molar-refractivity contribution in [1.82, 2.24) is 10.3 Å². The van der Waals surface area contributed by atoms with E-state index in [1.54, 1.807) is 19.0 Å². The number of hydrogen-bond acceptors (Lipinski definition) is 3. The summed E-state index contributed by atoms with van der Waals surface area (Å²) >= 11 is 0. The molecule has 0 saturated heterocycles. The van der Waals surface area contributed by atoms with Gasteiger partial charge in [-0.15, -0.1) is 0 Å². The Hall–Kier alpha value is -2.33. The van der Waals surface area contributed by atoms with Crippen molar-refractivity contribution in [3.8, 4) is 0 Å². The summed E-state index contributed by atoms with van der Waals surface area (Å²) in [5.74, 6) is 0.00814. The van der Waals surface area contributed by atoms with E-state index in [2.05, 4.69) is 23.0 Å². The lowest BCUT2D eigenvalue weighted by Gasteiger charge is -2.12. The third kappa shape index (κ3) is 3.83. The number of hydrazine groups is 1. The van der Waals surface area contributed by atoms with Crippen molar-refractivity contribution in [3.05, 3.63) is 65.7 Å². The minimum atomic E-state index is 0.00814. The molecule has 104 valence electrons. The van der Waals surface area contributed by atoms with Gasteiger partial charge in [-0.25, -0.2) is 5.43 Å². The molecule has 0 aliphatic rings. The van der Waals surface area contributed by atoms with Crippen LogP contribution in [-0.2, 0) is 6.54 Å². The average molecular weight is 269 g/mol. The van der Waals surface area contributed by atoms with E-state index < -0.39 is 0 Å². The fraction of sp³-hybridized carbons (Fsp3) is 0.188. The summed E-state index contributed by atoms with van der Waals surface area (Å²) in [6.45, 7) is 0.735. The van der Waals surface area contributed by atoms with Crippen LogP contribution in [0.25, 0.3) is 0 Å². The van der Waals surface area contributed by atoms with Gasteiger partial charge in [0, 0.05) is 31.9 Å². The van der Waals surface area contributed by atoms with Gasteiger partial charge in [0.25, 0.3) is 5.91 Å². The Morgan fingerprint density at radius 2 is 1.65 bits per heavy atom. The van der Waals surface area contributed by atoms with Crippen LogP contribution >= 0.6 is 0 Å². The second-order valence-corrected chi connectivity index (χ2v) is 4.74. The van der Waals surface area contributed by atoms with Crippen LogP contribution in [0, 0.1) is 0 Å². The molecule has 4 heteroatoms. The lowest BCUT2D eigenvalue weighted by Crippen LogP contribution is -2.22. The molecule has 2 rings (SSSR count). The van der Waals surface area contributed by atoms with Gasteiger partial charge in [-0.1, -0.05) is 30.3 Å². The van der Waals surface area contributed by atoms with Gasteiger partial charge in [-0.2, -0.15) is 0 Å². The maximum Gasteiger partial charge on any atom is 0.253 e. The molecule has 2 aromatic carbocycles. The number of hydrogen-bond donors (Lipinski definition) is 2.